The van der Waals surface area contributed by atoms with E-state index in [1.165, 1.54) is 12.8 Å². The van der Waals surface area contributed by atoms with Crippen molar-refractivity contribution >= 4 is 11.8 Å². The van der Waals surface area contributed by atoms with E-state index < -0.39 is 0 Å². The van der Waals surface area contributed by atoms with E-state index in [0.29, 0.717) is 19.6 Å². The number of carbonyl (C=O) groups excluding carboxylic acids is 2. The lowest BCUT2D eigenvalue weighted by Gasteiger charge is -2.28. The minimum atomic E-state index is 0.0277. The molecule has 2 aliphatic heterocycles. The van der Waals surface area contributed by atoms with Crippen molar-refractivity contribution < 1.29 is 9.59 Å². The monoisotopic (exact) mass is 239 g/mol. The van der Waals surface area contributed by atoms with Crippen LogP contribution in [0.2, 0.25) is 0 Å². The van der Waals surface area contributed by atoms with E-state index in [9.17, 15) is 9.59 Å². The molecule has 1 N–H and O–H groups in total. The molecule has 2 heterocycles. The Balaban J connectivity index is 1.80. The van der Waals surface area contributed by atoms with E-state index in [1.807, 2.05) is 9.80 Å². The van der Waals surface area contributed by atoms with E-state index in [2.05, 4.69) is 5.32 Å². The molecule has 0 aromatic carbocycles. The Morgan fingerprint density at radius 2 is 1.82 bits per heavy atom. The maximum Gasteiger partial charge on any atom is 0.236 e. The molecule has 17 heavy (non-hydrogen) atoms. The molecule has 2 amide bonds. The smallest absolute Gasteiger partial charge is 0.236 e. The number of nitrogens with one attached hydrogen (secondary N) is 1. The van der Waals surface area contributed by atoms with Gasteiger partial charge >= 0.3 is 0 Å². The van der Waals surface area contributed by atoms with Gasteiger partial charge in [0.25, 0.3) is 0 Å². The molecule has 0 aromatic rings. The molecule has 2 fully saturated rings. The van der Waals surface area contributed by atoms with Crippen molar-refractivity contribution in [1.82, 2.24) is 15.1 Å². The second-order valence-corrected chi connectivity index (χ2v) is 4.86. The number of hydrogen-bond acceptors (Lipinski definition) is 3. The van der Waals surface area contributed by atoms with Gasteiger partial charge in [0.1, 0.15) is 0 Å². The van der Waals surface area contributed by atoms with Gasteiger partial charge in [-0.25, -0.2) is 0 Å². The summed E-state index contributed by atoms with van der Waals surface area (Å²) in [6.07, 6.45) is 4.70. The SMILES string of the molecule is O=C1CN(CC(=O)N2CCCCCC2)CCN1. The maximum atomic E-state index is 12.1. The molecule has 0 atom stereocenters. The van der Waals surface area contributed by atoms with Crippen LogP contribution >= 0.6 is 0 Å². The van der Waals surface area contributed by atoms with Crippen molar-refractivity contribution in [1.29, 1.82) is 0 Å². The number of carbonyl (C=O) groups is 2. The third-order valence-corrected chi connectivity index (χ3v) is 3.44. The summed E-state index contributed by atoms with van der Waals surface area (Å²) >= 11 is 0. The molecular formula is C12H21N3O2. The molecule has 0 unspecified atom stereocenters. The molecule has 2 aliphatic rings. The van der Waals surface area contributed by atoms with Crippen molar-refractivity contribution in [3.8, 4) is 0 Å². The van der Waals surface area contributed by atoms with E-state index in [1.54, 1.807) is 0 Å². The fourth-order valence-corrected chi connectivity index (χ4v) is 2.44. The van der Waals surface area contributed by atoms with E-state index >= 15 is 0 Å². The second-order valence-electron chi connectivity index (χ2n) is 4.86. The van der Waals surface area contributed by atoms with Crippen LogP contribution in [0.1, 0.15) is 25.7 Å². The first-order chi connectivity index (χ1) is 8.25. The van der Waals surface area contributed by atoms with Crippen LogP contribution in [0.15, 0.2) is 0 Å². The standard InChI is InChI=1S/C12H21N3O2/c16-11-9-14(8-5-13-11)10-12(17)15-6-3-1-2-4-7-15/h1-10H2,(H,13,16). The van der Waals surface area contributed by atoms with Crippen LogP contribution in [0.25, 0.3) is 0 Å². The van der Waals surface area contributed by atoms with Gasteiger partial charge in [-0.05, 0) is 12.8 Å². The Labute approximate surface area is 102 Å². The Morgan fingerprint density at radius 3 is 2.47 bits per heavy atom. The van der Waals surface area contributed by atoms with Crippen LogP contribution in [0.3, 0.4) is 0 Å². The van der Waals surface area contributed by atoms with Crippen molar-refractivity contribution in [2.45, 2.75) is 25.7 Å². The van der Waals surface area contributed by atoms with Gasteiger partial charge < -0.3 is 10.2 Å². The van der Waals surface area contributed by atoms with Crippen molar-refractivity contribution in [2.24, 2.45) is 0 Å². The van der Waals surface area contributed by atoms with Crippen LogP contribution in [-0.4, -0.2) is 60.9 Å². The molecule has 2 rings (SSSR count). The highest BCUT2D eigenvalue weighted by atomic mass is 16.2. The molecule has 0 spiro atoms. The summed E-state index contributed by atoms with van der Waals surface area (Å²) in [7, 11) is 0. The van der Waals surface area contributed by atoms with Crippen LogP contribution in [0, 0.1) is 0 Å². The van der Waals surface area contributed by atoms with Crippen LogP contribution in [0.4, 0.5) is 0 Å². The number of piperazine rings is 1. The first-order valence-electron chi connectivity index (χ1n) is 6.52. The van der Waals surface area contributed by atoms with Gasteiger partial charge in [0, 0.05) is 26.2 Å². The van der Waals surface area contributed by atoms with Crippen molar-refractivity contribution in [3.63, 3.8) is 0 Å². The third-order valence-electron chi connectivity index (χ3n) is 3.44. The molecule has 0 aliphatic carbocycles. The zero-order valence-electron chi connectivity index (χ0n) is 10.3. The molecule has 0 aromatic heterocycles. The molecule has 5 heteroatoms. The van der Waals surface area contributed by atoms with Gasteiger partial charge in [-0.3, -0.25) is 14.5 Å². The largest absolute Gasteiger partial charge is 0.354 e. The summed E-state index contributed by atoms with van der Waals surface area (Å²) in [5.74, 6) is 0.210. The molecule has 0 saturated carbocycles. The van der Waals surface area contributed by atoms with Gasteiger partial charge in [0.15, 0.2) is 0 Å². The lowest BCUT2D eigenvalue weighted by atomic mass is 10.2. The molecular weight excluding hydrogens is 218 g/mol. The minimum Gasteiger partial charge on any atom is -0.354 e. The van der Waals surface area contributed by atoms with Gasteiger partial charge in [-0.15, -0.1) is 0 Å². The Hall–Kier alpha value is -1.10. The number of hydrogen-bond donors (Lipinski definition) is 1. The lowest BCUT2D eigenvalue weighted by Crippen LogP contribution is -2.51. The zero-order valence-corrected chi connectivity index (χ0v) is 10.3. The fourth-order valence-electron chi connectivity index (χ4n) is 2.44. The number of nitrogens with zero attached hydrogens (tertiary/aromatic N) is 2. The molecule has 0 bridgehead atoms. The fraction of sp³-hybridized carbons (Fsp3) is 0.833. The highest BCUT2D eigenvalue weighted by molar-refractivity contribution is 5.81. The van der Waals surface area contributed by atoms with Gasteiger partial charge in [-0.1, -0.05) is 12.8 Å². The quantitative estimate of drug-likeness (QED) is 0.727. The molecule has 96 valence electrons. The number of amides is 2. The summed E-state index contributed by atoms with van der Waals surface area (Å²) in [5.41, 5.74) is 0. The molecule has 0 radical (unpaired) electrons. The highest BCUT2D eigenvalue weighted by Crippen LogP contribution is 2.10. The Morgan fingerprint density at radius 1 is 1.12 bits per heavy atom. The summed E-state index contributed by atoms with van der Waals surface area (Å²) < 4.78 is 0. The van der Waals surface area contributed by atoms with Crippen LogP contribution < -0.4 is 5.32 Å². The predicted molar refractivity (Wildman–Crippen MR) is 64.5 cm³/mol. The molecule has 2 saturated heterocycles. The minimum absolute atomic E-state index is 0.0277. The van der Waals surface area contributed by atoms with E-state index in [-0.39, 0.29) is 11.8 Å². The first-order valence-corrected chi connectivity index (χ1v) is 6.52. The van der Waals surface area contributed by atoms with Crippen LogP contribution in [-0.2, 0) is 9.59 Å². The van der Waals surface area contributed by atoms with Crippen LogP contribution in [0.5, 0.6) is 0 Å². The summed E-state index contributed by atoms with van der Waals surface area (Å²) in [4.78, 5) is 27.2. The van der Waals surface area contributed by atoms with E-state index in [0.717, 1.165) is 32.5 Å². The number of likely N-dealkylation sites (tertiary alicyclic amines) is 1. The van der Waals surface area contributed by atoms with Crippen molar-refractivity contribution in [3.05, 3.63) is 0 Å². The second kappa shape index (κ2) is 6.00. The summed E-state index contributed by atoms with van der Waals surface area (Å²) in [5, 5.41) is 2.77. The average Bonchev–Trinajstić information content (AvgIpc) is 2.57. The van der Waals surface area contributed by atoms with Gasteiger partial charge in [0.2, 0.25) is 11.8 Å². The topological polar surface area (TPSA) is 52.7 Å². The maximum absolute atomic E-state index is 12.1. The van der Waals surface area contributed by atoms with Crippen molar-refractivity contribution in [2.75, 3.05) is 39.3 Å². The number of rotatable bonds is 2. The highest BCUT2D eigenvalue weighted by Gasteiger charge is 2.22. The first kappa shape index (κ1) is 12.4. The zero-order chi connectivity index (χ0) is 12.1. The van der Waals surface area contributed by atoms with Gasteiger partial charge in [0.05, 0.1) is 13.1 Å². The Kier molecular flexibility index (Phi) is 4.36. The van der Waals surface area contributed by atoms with E-state index in [4.69, 9.17) is 0 Å². The lowest BCUT2D eigenvalue weighted by molar-refractivity contribution is -0.133. The summed E-state index contributed by atoms with van der Waals surface area (Å²) in [6.45, 7) is 3.97. The predicted octanol–water partition coefficient (Wildman–Crippen LogP) is -0.179. The summed E-state index contributed by atoms with van der Waals surface area (Å²) in [6, 6.07) is 0. The Bertz CT molecular complexity index is 285. The van der Waals surface area contributed by atoms with Gasteiger partial charge in [-0.2, -0.15) is 0 Å². The average molecular weight is 239 g/mol. The third kappa shape index (κ3) is 3.70. The normalized spacial score (nSPS) is 23.1. The molecule has 5 nitrogen and oxygen atoms in total.